The fourth-order valence-corrected chi connectivity index (χ4v) is 2.44. The zero-order valence-corrected chi connectivity index (χ0v) is 10.6. The van der Waals surface area contributed by atoms with Gasteiger partial charge >= 0.3 is 6.36 Å². The molecule has 2 unspecified atom stereocenters. The normalized spacial score (nSPS) is 23.8. The maximum Gasteiger partial charge on any atom is 0.573 e. The van der Waals surface area contributed by atoms with Gasteiger partial charge in [-0.05, 0) is 24.7 Å². The zero-order valence-electron chi connectivity index (χ0n) is 10.6. The van der Waals surface area contributed by atoms with Crippen molar-refractivity contribution in [3.05, 3.63) is 39.9 Å². The molecule has 0 aliphatic carbocycles. The molecule has 1 aromatic rings. The number of halogens is 3. The molecule has 1 aliphatic rings. The average molecular weight is 290 g/mol. The fraction of sp³-hybridized carbons (Fsp3) is 0.500. The summed E-state index contributed by atoms with van der Waals surface area (Å²) < 4.78 is 39.9. The van der Waals surface area contributed by atoms with Crippen molar-refractivity contribution in [3.8, 4) is 5.75 Å². The van der Waals surface area contributed by atoms with Crippen LogP contribution in [-0.4, -0.2) is 42.4 Å². The minimum atomic E-state index is -4.74. The number of nitrogens with zero attached hydrogens (tertiary/aromatic N) is 2. The first-order valence-corrected chi connectivity index (χ1v) is 5.94. The lowest BCUT2D eigenvalue weighted by atomic mass is 9.95. The summed E-state index contributed by atoms with van der Waals surface area (Å²) in [4.78, 5) is 12.5. The van der Waals surface area contributed by atoms with Crippen LogP contribution in [0.1, 0.15) is 11.5 Å². The Kier molecular flexibility index (Phi) is 3.85. The Morgan fingerprint density at radius 1 is 1.30 bits per heavy atom. The smallest absolute Gasteiger partial charge is 0.406 e. The van der Waals surface area contributed by atoms with Gasteiger partial charge in [-0.3, -0.25) is 15.0 Å². The Balaban J connectivity index is 2.15. The standard InChI is InChI=1S/C12H13F3N2O3/c1-16-6-10(11(7-16)17(18)19)8-2-4-9(5-3-8)20-12(13,14)15/h2-5,10-11H,6-7H2,1H3. The van der Waals surface area contributed by atoms with Crippen LogP contribution in [0, 0.1) is 10.1 Å². The molecular formula is C12H13F3N2O3. The van der Waals surface area contributed by atoms with E-state index in [1.807, 2.05) is 4.90 Å². The Morgan fingerprint density at radius 2 is 1.90 bits per heavy atom. The lowest BCUT2D eigenvalue weighted by Gasteiger charge is -2.14. The van der Waals surface area contributed by atoms with Gasteiger partial charge in [0.25, 0.3) is 0 Å². The molecule has 1 heterocycles. The van der Waals surface area contributed by atoms with E-state index in [9.17, 15) is 23.3 Å². The third-order valence-corrected chi connectivity index (χ3v) is 3.28. The summed E-state index contributed by atoms with van der Waals surface area (Å²) in [6.07, 6.45) is -4.74. The summed E-state index contributed by atoms with van der Waals surface area (Å²) in [6, 6.07) is 4.51. The van der Waals surface area contributed by atoms with Crippen molar-refractivity contribution in [1.82, 2.24) is 4.90 Å². The highest BCUT2D eigenvalue weighted by Crippen LogP contribution is 2.31. The molecule has 0 aromatic heterocycles. The number of ether oxygens (including phenoxy) is 1. The molecule has 0 N–H and O–H groups in total. The Bertz CT molecular complexity index is 490. The van der Waals surface area contributed by atoms with Gasteiger partial charge < -0.3 is 4.74 Å². The quantitative estimate of drug-likeness (QED) is 0.633. The van der Waals surface area contributed by atoms with Crippen molar-refractivity contribution in [1.29, 1.82) is 0 Å². The highest BCUT2D eigenvalue weighted by Gasteiger charge is 2.40. The molecule has 5 nitrogen and oxygen atoms in total. The van der Waals surface area contributed by atoms with Crippen molar-refractivity contribution in [3.63, 3.8) is 0 Å². The van der Waals surface area contributed by atoms with Crippen LogP contribution >= 0.6 is 0 Å². The molecule has 0 spiro atoms. The van der Waals surface area contributed by atoms with E-state index in [2.05, 4.69) is 4.74 Å². The summed E-state index contributed by atoms with van der Waals surface area (Å²) in [5.74, 6) is -0.653. The molecule has 0 saturated carbocycles. The lowest BCUT2D eigenvalue weighted by Crippen LogP contribution is -2.27. The maximum absolute atomic E-state index is 12.0. The molecule has 8 heteroatoms. The van der Waals surface area contributed by atoms with Crippen molar-refractivity contribution < 1.29 is 22.8 Å². The van der Waals surface area contributed by atoms with Crippen LogP contribution in [0.15, 0.2) is 24.3 Å². The Labute approximate surface area is 113 Å². The average Bonchev–Trinajstić information content (AvgIpc) is 2.70. The molecule has 20 heavy (non-hydrogen) atoms. The van der Waals surface area contributed by atoms with Gasteiger partial charge in [-0.1, -0.05) is 12.1 Å². The molecule has 0 amide bonds. The summed E-state index contributed by atoms with van der Waals surface area (Å²) in [6.45, 7) is 0.837. The largest absolute Gasteiger partial charge is 0.573 e. The third-order valence-electron chi connectivity index (χ3n) is 3.28. The van der Waals surface area contributed by atoms with Crippen LogP contribution < -0.4 is 4.74 Å². The molecule has 2 rings (SSSR count). The molecule has 0 radical (unpaired) electrons. The van der Waals surface area contributed by atoms with Gasteiger partial charge in [0.05, 0.1) is 12.5 Å². The van der Waals surface area contributed by atoms with Gasteiger partial charge in [-0.15, -0.1) is 13.2 Å². The van der Waals surface area contributed by atoms with Crippen LogP contribution in [0.2, 0.25) is 0 Å². The van der Waals surface area contributed by atoms with Crippen molar-refractivity contribution in [2.75, 3.05) is 20.1 Å². The van der Waals surface area contributed by atoms with Crippen LogP contribution in [0.25, 0.3) is 0 Å². The first-order valence-electron chi connectivity index (χ1n) is 5.94. The van der Waals surface area contributed by atoms with E-state index in [1.165, 1.54) is 24.3 Å². The van der Waals surface area contributed by atoms with Crippen molar-refractivity contribution in [2.45, 2.75) is 18.3 Å². The Hall–Kier alpha value is -1.83. The van der Waals surface area contributed by atoms with Crippen molar-refractivity contribution >= 4 is 0 Å². The summed E-state index contributed by atoms with van der Waals surface area (Å²) in [7, 11) is 1.78. The van der Waals surface area contributed by atoms with Crippen LogP contribution in [0.5, 0.6) is 5.75 Å². The predicted octanol–water partition coefficient (Wildman–Crippen LogP) is 2.26. The first-order chi connectivity index (χ1) is 9.26. The van der Waals surface area contributed by atoms with E-state index < -0.39 is 12.4 Å². The minimum absolute atomic E-state index is 0.324. The van der Waals surface area contributed by atoms with Gasteiger partial charge in [-0.25, -0.2) is 0 Å². The Morgan fingerprint density at radius 3 is 2.40 bits per heavy atom. The second-order valence-corrected chi connectivity index (χ2v) is 4.80. The van der Waals surface area contributed by atoms with Gasteiger partial charge in [0.1, 0.15) is 5.75 Å². The highest BCUT2D eigenvalue weighted by molar-refractivity contribution is 5.31. The van der Waals surface area contributed by atoms with Gasteiger partial charge in [-0.2, -0.15) is 0 Å². The zero-order chi connectivity index (χ0) is 14.9. The molecule has 2 atom stereocenters. The summed E-state index contributed by atoms with van der Waals surface area (Å²) in [5.41, 5.74) is 0.644. The molecule has 0 bridgehead atoms. The SMILES string of the molecule is CN1CC(c2ccc(OC(F)(F)F)cc2)C([N+](=O)[O-])C1. The summed E-state index contributed by atoms with van der Waals surface area (Å²) in [5, 5.41) is 11.0. The molecule has 1 saturated heterocycles. The number of likely N-dealkylation sites (tertiary alicyclic amines) is 1. The molecule has 110 valence electrons. The number of hydrogen-bond acceptors (Lipinski definition) is 4. The van der Waals surface area contributed by atoms with E-state index in [4.69, 9.17) is 0 Å². The summed E-state index contributed by atoms with van der Waals surface area (Å²) >= 11 is 0. The van der Waals surface area contributed by atoms with E-state index in [0.29, 0.717) is 18.7 Å². The topological polar surface area (TPSA) is 55.6 Å². The number of rotatable bonds is 3. The monoisotopic (exact) mass is 290 g/mol. The number of hydrogen-bond donors (Lipinski definition) is 0. The highest BCUT2D eigenvalue weighted by atomic mass is 19.4. The van der Waals surface area contributed by atoms with E-state index in [0.717, 1.165) is 0 Å². The van der Waals surface area contributed by atoms with E-state index in [-0.39, 0.29) is 16.6 Å². The number of likely N-dealkylation sites (N-methyl/N-ethyl adjacent to an activating group) is 1. The third kappa shape index (κ3) is 3.38. The number of nitro groups is 1. The molecule has 1 aromatic carbocycles. The lowest BCUT2D eigenvalue weighted by molar-refractivity contribution is -0.521. The number of alkyl halides is 3. The van der Waals surface area contributed by atoms with Crippen LogP contribution in [0.3, 0.4) is 0 Å². The second kappa shape index (κ2) is 5.28. The predicted molar refractivity (Wildman–Crippen MR) is 64.1 cm³/mol. The molecular weight excluding hydrogens is 277 g/mol. The van der Waals surface area contributed by atoms with Gasteiger partial charge in [0, 0.05) is 11.5 Å². The van der Waals surface area contributed by atoms with Gasteiger partial charge in [0.15, 0.2) is 0 Å². The van der Waals surface area contributed by atoms with E-state index >= 15 is 0 Å². The fourth-order valence-electron chi connectivity index (χ4n) is 2.44. The van der Waals surface area contributed by atoms with Crippen molar-refractivity contribution in [2.24, 2.45) is 0 Å². The number of benzene rings is 1. The maximum atomic E-state index is 12.0. The van der Waals surface area contributed by atoms with Crippen LogP contribution in [-0.2, 0) is 0 Å². The second-order valence-electron chi connectivity index (χ2n) is 4.80. The van der Waals surface area contributed by atoms with E-state index in [1.54, 1.807) is 7.05 Å². The first kappa shape index (κ1) is 14.6. The molecule has 1 aliphatic heterocycles. The van der Waals surface area contributed by atoms with Gasteiger partial charge in [0.2, 0.25) is 6.04 Å². The van der Waals surface area contributed by atoms with Crippen LogP contribution in [0.4, 0.5) is 13.2 Å². The molecule has 1 fully saturated rings. The minimum Gasteiger partial charge on any atom is -0.406 e.